The van der Waals surface area contributed by atoms with Crippen molar-refractivity contribution in [1.82, 2.24) is 4.90 Å². The highest BCUT2D eigenvalue weighted by Gasteiger charge is 2.91. The summed E-state index contributed by atoms with van der Waals surface area (Å²) in [6, 6.07) is 25.0. The maximum atomic E-state index is 13.3. The van der Waals surface area contributed by atoms with E-state index in [1.54, 1.807) is 6.07 Å². The third kappa shape index (κ3) is 2.87. The van der Waals surface area contributed by atoms with Gasteiger partial charge in [0.1, 0.15) is 0 Å². The molecule has 3 aromatic rings. The monoisotopic (exact) mass is 583 g/mol. The van der Waals surface area contributed by atoms with E-state index in [1.165, 1.54) is 11.1 Å². The second-order valence-electron chi connectivity index (χ2n) is 13.2. The maximum absolute atomic E-state index is 13.3. The summed E-state index contributed by atoms with van der Waals surface area (Å²) in [5, 5.41) is 12.0. The number of piperidine rings is 1. The quantitative estimate of drug-likeness (QED) is 0.425. The van der Waals surface area contributed by atoms with Crippen LogP contribution in [0.25, 0.3) is 0 Å². The van der Waals surface area contributed by atoms with E-state index in [0.29, 0.717) is 30.8 Å². The van der Waals surface area contributed by atoms with E-state index < -0.39 is 28.5 Å². The molecule has 8 heteroatoms. The van der Waals surface area contributed by atoms with Gasteiger partial charge in [-0.3, -0.25) is 13.9 Å². The normalized spacial score (nSPS) is 37.1. The van der Waals surface area contributed by atoms with Crippen LogP contribution < -0.4 is 8.92 Å². The number of hydrogen-bond acceptors (Lipinski definition) is 7. The van der Waals surface area contributed by atoms with Crippen LogP contribution in [0, 0.1) is 0 Å². The van der Waals surface area contributed by atoms with Gasteiger partial charge in [-0.1, -0.05) is 66.7 Å². The van der Waals surface area contributed by atoms with E-state index in [4.69, 9.17) is 13.1 Å². The fourth-order valence-corrected chi connectivity index (χ4v) is 10.7. The van der Waals surface area contributed by atoms with Crippen LogP contribution in [0.4, 0.5) is 0 Å². The molecule has 0 radical (unpaired) electrons. The number of benzene rings is 3. The van der Waals surface area contributed by atoms with Crippen molar-refractivity contribution in [2.75, 3.05) is 7.05 Å². The maximum Gasteiger partial charge on any atom is 0.360 e. The second-order valence-corrected chi connectivity index (χ2v) is 14.0. The van der Waals surface area contributed by atoms with Crippen molar-refractivity contribution in [3.05, 3.63) is 95.1 Å². The molecule has 0 amide bonds. The molecule has 216 valence electrons. The number of ketones is 1. The number of likely N-dealkylation sites (N-methyl/N-ethyl adjacent to an activating group) is 1. The van der Waals surface area contributed by atoms with Gasteiger partial charge in [0.2, 0.25) is 0 Å². The predicted molar refractivity (Wildman–Crippen MR) is 155 cm³/mol. The highest BCUT2D eigenvalue weighted by molar-refractivity contribution is 7.75. The fraction of sp³-hybridized carbons (Fsp3) is 0.441. The van der Waals surface area contributed by atoms with E-state index in [2.05, 4.69) is 60.5 Å². The molecule has 3 aromatic carbocycles. The van der Waals surface area contributed by atoms with Crippen LogP contribution in [0.2, 0.25) is 0 Å². The molecule has 6 aliphatic rings. The molecule has 7 unspecified atom stereocenters. The molecule has 42 heavy (non-hydrogen) atoms. The van der Waals surface area contributed by atoms with Gasteiger partial charge in [0.15, 0.2) is 23.4 Å². The molecule has 2 spiro atoms. The average molecular weight is 584 g/mol. The first kappa shape index (κ1) is 25.5. The van der Waals surface area contributed by atoms with Gasteiger partial charge in [-0.15, -0.1) is 0 Å². The Morgan fingerprint density at radius 3 is 2.29 bits per heavy atom. The standard InChI is InChI=1S/C34H33NO6S/c1-35-30-33(35)20-32-27-24(33)12-13-26(28(27)39-29(32)25(36)16-19-34(30,32)37)41-42(38)40-23-14-17-31(18-15-23,21-8-4-2-5-9-21)22-10-6-3-7-11-22/h2-13,23,29-30,37H,14-20H2,1H3. The summed E-state index contributed by atoms with van der Waals surface area (Å²) < 4.78 is 31.5. The molecule has 3 saturated carbocycles. The SMILES string of the molecule is CN1C2C13CC14c5c3ccc(OS(=O)OC3CCC(c6ccccc6)(c6ccccc6)CC3)c5OC1C(=O)CCC24O. The second kappa shape index (κ2) is 8.32. The summed E-state index contributed by atoms with van der Waals surface area (Å²) >= 11 is -2.05. The predicted octanol–water partition coefficient (Wildman–Crippen LogP) is 4.61. The Bertz CT molecular complexity index is 1610. The van der Waals surface area contributed by atoms with E-state index in [-0.39, 0.29) is 28.9 Å². The van der Waals surface area contributed by atoms with Gasteiger partial charge in [0.05, 0.1) is 28.7 Å². The first-order valence-electron chi connectivity index (χ1n) is 15.1. The third-order valence-electron chi connectivity index (χ3n) is 11.7. The zero-order chi connectivity index (χ0) is 28.5. The Hall–Kier alpha value is -3.04. The minimum atomic E-state index is -2.05. The zero-order valence-corrected chi connectivity index (χ0v) is 24.3. The third-order valence-corrected chi connectivity index (χ3v) is 12.5. The molecule has 2 aliphatic heterocycles. The number of rotatable bonds is 6. The van der Waals surface area contributed by atoms with Crippen molar-refractivity contribution in [3.63, 3.8) is 0 Å². The summed E-state index contributed by atoms with van der Waals surface area (Å²) in [7, 11) is 2.05. The highest BCUT2D eigenvalue weighted by Crippen LogP contribution is 2.81. The number of ether oxygens (including phenoxy) is 1. The molecular weight excluding hydrogens is 550 g/mol. The van der Waals surface area contributed by atoms with Crippen molar-refractivity contribution in [1.29, 1.82) is 0 Å². The van der Waals surface area contributed by atoms with Crippen LogP contribution in [0.15, 0.2) is 72.8 Å². The van der Waals surface area contributed by atoms with E-state index >= 15 is 0 Å². The minimum Gasteiger partial charge on any atom is -0.477 e. The largest absolute Gasteiger partial charge is 0.477 e. The summed E-state index contributed by atoms with van der Waals surface area (Å²) in [6.45, 7) is 0. The van der Waals surface area contributed by atoms with Crippen LogP contribution in [0.5, 0.6) is 11.5 Å². The van der Waals surface area contributed by atoms with Crippen molar-refractivity contribution >= 4 is 17.1 Å². The minimum absolute atomic E-state index is 0.00271. The van der Waals surface area contributed by atoms with Crippen molar-refractivity contribution < 1.29 is 27.2 Å². The Kier molecular flexibility index (Phi) is 5.04. The smallest absolute Gasteiger partial charge is 0.360 e. The molecule has 4 fully saturated rings. The molecule has 7 atom stereocenters. The Balaban J connectivity index is 0.966. The number of carbonyl (C=O) groups is 1. The summed E-state index contributed by atoms with van der Waals surface area (Å²) in [5.74, 6) is 0.789. The number of carbonyl (C=O) groups excluding carboxylic acids is 1. The molecular formula is C34H33NO6S. The van der Waals surface area contributed by atoms with Crippen LogP contribution in [-0.2, 0) is 36.7 Å². The Labute approximate surface area is 247 Å². The number of aliphatic hydroxyl groups is 1. The van der Waals surface area contributed by atoms with Gasteiger partial charge < -0.3 is 14.0 Å². The number of likely N-dealkylation sites (tertiary alicyclic amines) is 1. The number of hydrogen-bond donors (Lipinski definition) is 1. The van der Waals surface area contributed by atoms with Crippen LogP contribution in [0.1, 0.15) is 67.2 Å². The molecule has 2 heterocycles. The lowest BCUT2D eigenvalue weighted by atomic mass is 9.59. The highest BCUT2D eigenvalue weighted by atomic mass is 32.2. The Morgan fingerprint density at radius 2 is 1.62 bits per heavy atom. The average Bonchev–Trinajstić information content (AvgIpc) is 3.25. The van der Waals surface area contributed by atoms with Crippen molar-refractivity contribution in [2.24, 2.45) is 0 Å². The molecule has 1 N–H and O–H groups in total. The summed E-state index contributed by atoms with van der Waals surface area (Å²) in [6.07, 6.45) is 3.71. The summed E-state index contributed by atoms with van der Waals surface area (Å²) in [4.78, 5) is 15.4. The molecule has 7 nitrogen and oxygen atoms in total. The first-order valence-corrected chi connectivity index (χ1v) is 16.1. The van der Waals surface area contributed by atoms with Gasteiger partial charge in [0, 0.05) is 17.4 Å². The topological polar surface area (TPSA) is 85.1 Å². The molecule has 1 saturated heterocycles. The van der Waals surface area contributed by atoms with Crippen LogP contribution >= 0.6 is 0 Å². The van der Waals surface area contributed by atoms with Gasteiger partial charge in [-0.05, 0) is 68.3 Å². The van der Waals surface area contributed by atoms with E-state index in [1.807, 2.05) is 18.2 Å². The van der Waals surface area contributed by atoms with Gasteiger partial charge in [0.25, 0.3) is 0 Å². The molecule has 2 bridgehead atoms. The van der Waals surface area contributed by atoms with Crippen molar-refractivity contribution in [2.45, 2.75) is 85.2 Å². The van der Waals surface area contributed by atoms with E-state index in [9.17, 15) is 14.1 Å². The van der Waals surface area contributed by atoms with E-state index in [0.717, 1.165) is 36.8 Å². The number of Topliss-reactive ketones (excluding diaryl/α,β-unsaturated/α-hetero) is 1. The van der Waals surface area contributed by atoms with Crippen molar-refractivity contribution in [3.8, 4) is 11.5 Å². The Morgan fingerprint density at radius 1 is 0.952 bits per heavy atom. The van der Waals surface area contributed by atoms with Gasteiger partial charge >= 0.3 is 11.4 Å². The van der Waals surface area contributed by atoms with Crippen LogP contribution in [-0.4, -0.2) is 50.9 Å². The number of fused-ring (bicyclic) bond motifs is 1. The molecule has 9 rings (SSSR count). The lowest BCUT2D eigenvalue weighted by Gasteiger charge is -2.47. The lowest BCUT2D eigenvalue weighted by molar-refractivity contribution is -0.148. The first-order chi connectivity index (χ1) is 20.3. The number of nitrogens with zero attached hydrogens (tertiary/aromatic N) is 1. The van der Waals surface area contributed by atoms with Crippen LogP contribution in [0.3, 0.4) is 0 Å². The zero-order valence-electron chi connectivity index (χ0n) is 23.5. The van der Waals surface area contributed by atoms with Gasteiger partial charge in [-0.2, -0.15) is 4.21 Å². The molecule has 0 aromatic heterocycles. The lowest BCUT2D eigenvalue weighted by Crippen LogP contribution is -2.64. The molecule has 4 aliphatic carbocycles. The fourth-order valence-electron chi connectivity index (χ4n) is 9.97. The van der Waals surface area contributed by atoms with Gasteiger partial charge in [-0.25, -0.2) is 0 Å². The summed E-state index contributed by atoms with van der Waals surface area (Å²) in [5.41, 5.74) is 2.42.